The van der Waals surface area contributed by atoms with Gasteiger partial charge in [0.05, 0.1) is 0 Å². The van der Waals surface area contributed by atoms with E-state index in [4.69, 9.17) is 0 Å². The smallest absolute Gasteiger partial charge is 0.166 e. The molecular formula is C32H46F2. The lowest BCUT2D eigenvalue weighted by Crippen LogP contribution is -2.15. The molecule has 1 aliphatic carbocycles. The Morgan fingerprint density at radius 1 is 0.618 bits per heavy atom. The van der Waals surface area contributed by atoms with E-state index in [0.29, 0.717) is 23.5 Å². The van der Waals surface area contributed by atoms with Crippen LogP contribution < -0.4 is 0 Å². The molecular weight excluding hydrogens is 422 g/mol. The lowest BCUT2D eigenvalue weighted by Gasteiger charge is -2.28. The van der Waals surface area contributed by atoms with E-state index in [1.807, 2.05) is 18.2 Å². The predicted molar refractivity (Wildman–Crippen MR) is 142 cm³/mol. The van der Waals surface area contributed by atoms with Gasteiger partial charge in [-0.1, -0.05) is 127 Å². The van der Waals surface area contributed by atoms with Gasteiger partial charge in [0.2, 0.25) is 0 Å². The van der Waals surface area contributed by atoms with E-state index in [0.717, 1.165) is 24.3 Å². The number of unbranched alkanes of at least 4 members (excludes halogenated alkanes) is 6. The number of hydrogen-bond donors (Lipinski definition) is 0. The minimum Gasteiger partial charge on any atom is -0.203 e. The summed E-state index contributed by atoms with van der Waals surface area (Å²) in [4.78, 5) is 0. The minimum absolute atomic E-state index is 0.376. The molecule has 2 aromatic rings. The van der Waals surface area contributed by atoms with Gasteiger partial charge in [-0.3, -0.25) is 0 Å². The van der Waals surface area contributed by atoms with Gasteiger partial charge in [0, 0.05) is 5.56 Å². The van der Waals surface area contributed by atoms with E-state index < -0.39 is 11.6 Å². The average molecular weight is 469 g/mol. The average Bonchev–Trinajstić information content (AvgIpc) is 2.86. The third-order valence-electron chi connectivity index (χ3n) is 8.00. The molecule has 0 bridgehead atoms. The molecule has 3 rings (SSSR count). The summed E-state index contributed by atoms with van der Waals surface area (Å²) >= 11 is 0. The first-order valence-corrected chi connectivity index (χ1v) is 14.2. The molecule has 0 unspecified atom stereocenters. The first-order chi connectivity index (χ1) is 16.6. The molecule has 2 heteroatoms. The summed E-state index contributed by atoms with van der Waals surface area (Å²) in [5, 5.41) is 0. The Morgan fingerprint density at radius 3 is 1.91 bits per heavy atom. The topological polar surface area (TPSA) is 0 Å². The zero-order chi connectivity index (χ0) is 24.2. The predicted octanol–water partition coefficient (Wildman–Crippen LogP) is 10.5. The highest BCUT2D eigenvalue weighted by Crippen LogP contribution is 2.35. The van der Waals surface area contributed by atoms with Crippen molar-refractivity contribution < 1.29 is 8.78 Å². The summed E-state index contributed by atoms with van der Waals surface area (Å²) in [6.45, 7) is 4.47. The third kappa shape index (κ3) is 8.21. The Labute approximate surface area is 207 Å². The third-order valence-corrected chi connectivity index (χ3v) is 8.00. The zero-order valence-corrected chi connectivity index (χ0v) is 21.7. The summed E-state index contributed by atoms with van der Waals surface area (Å²) in [5.74, 6) is 0.219. The number of benzene rings is 2. The minimum atomic E-state index is -0.692. The Morgan fingerprint density at radius 2 is 1.24 bits per heavy atom. The van der Waals surface area contributed by atoms with Gasteiger partial charge in [0.25, 0.3) is 0 Å². The summed E-state index contributed by atoms with van der Waals surface area (Å²) in [5.41, 5.74) is 2.94. The first-order valence-electron chi connectivity index (χ1n) is 14.2. The highest BCUT2D eigenvalue weighted by atomic mass is 19.2. The van der Waals surface area contributed by atoms with Crippen LogP contribution in [0.2, 0.25) is 0 Å². The van der Waals surface area contributed by atoms with Crippen molar-refractivity contribution in [1.82, 2.24) is 0 Å². The van der Waals surface area contributed by atoms with Gasteiger partial charge >= 0.3 is 0 Å². The second kappa shape index (κ2) is 14.6. The van der Waals surface area contributed by atoms with Crippen LogP contribution in [0.5, 0.6) is 0 Å². The van der Waals surface area contributed by atoms with E-state index in [-0.39, 0.29) is 0 Å². The Balaban J connectivity index is 1.46. The fourth-order valence-corrected chi connectivity index (χ4v) is 5.64. The van der Waals surface area contributed by atoms with Crippen molar-refractivity contribution in [1.29, 1.82) is 0 Å². The van der Waals surface area contributed by atoms with Crippen LogP contribution in [-0.4, -0.2) is 0 Å². The molecule has 2 aromatic carbocycles. The van der Waals surface area contributed by atoms with Crippen LogP contribution in [0.3, 0.4) is 0 Å². The first kappa shape index (κ1) is 26.9. The van der Waals surface area contributed by atoms with Gasteiger partial charge in [-0.15, -0.1) is 0 Å². The van der Waals surface area contributed by atoms with E-state index in [2.05, 4.69) is 26.0 Å². The van der Waals surface area contributed by atoms with Gasteiger partial charge in [-0.05, 0) is 54.2 Å². The Kier molecular flexibility index (Phi) is 11.6. The van der Waals surface area contributed by atoms with Crippen molar-refractivity contribution in [2.75, 3.05) is 0 Å². The Hall–Kier alpha value is -1.70. The molecule has 0 radical (unpaired) electrons. The second-order valence-corrected chi connectivity index (χ2v) is 10.7. The molecule has 0 N–H and O–H groups in total. The van der Waals surface area contributed by atoms with Crippen molar-refractivity contribution in [2.45, 2.75) is 117 Å². The lowest BCUT2D eigenvalue weighted by atomic mass is 9.77. The largest absolute Gasteiger partial charge is 0.203 e. The van der Waals surface area contributed by atoms with Gasteiger partial charge in [0.1, 0.15) is 0 Å². The normalized spacial score (nSPS) is 18.4. The number of halogens is 2. The summed E-state index contributed by atoms with van der Waals surface area (Å²) < 4.78 is 29.8. The monoisotopic (exact) mass is 468 g/mol. The van der Waals surface area contributed by atoms with Crippen molar-refractivity contribution in [2.24, 2.45) is 11.8 Å². The standard InChI is InChI=1S/C32H46F2/c1-3-5-7-8-10-12-25-13-15-27(16-14-25)19-22-29-23-24-30(32(34)31(29)33)28-20-17-26(18-21-28)11-9-6-4-2/h17-18,20-21,23-25,27H,3-16,19,22H2,1-2H3. The summed E-state index contributed by atoms with van der Waals surface area (Å²) in [6.07, 6.45) is 19.7. The molecule has 0 heterocycles. The van der Waals surface area contributed by atoms with E-state index in [9.17, 15) is 8.78 Å². The number of rotatable bonds is 14. The van der Waals surface area contributed by atoms with Crippen LogP contribution in [0.4, 0.5) is 8.78 Å². The van der Waals surface area contributed by atoms with Gasteiger partial charge in [0.15, 0.2) is 11.6 Å². The molecule has 0 spiro atoms. The molecule has 0 aromatic heterocycles. The maximum atomic E-state index is 14.9. The van der Waals surface area contributed by atoms with Crippen molar-refractivity contribution in [3.63, 3.8) is 0 Å². The fraction of sp³-hybridized carbons (Fsp3) is 0.625. The van der Waals surface area contributed by atoms with E-state index in [1.54, 1.807) is 6.07 Å². The lowest BCUT2D eigenvalue weighted by molar-refractivity contribution is 0.248. The van der Waals surface area contributed by atoms with Crippen LogP contribution in [0, 0.1) is 23.5 Å². The van der Waals surface area contributed by atoms with Crippen LogP contribution in [-0.2, 0) is 12.8 Å². The number of aryl methyl sites for hydroxylation is 2. The molecule has 0 nitrogen and oxygen atoms in total. The van der Waals surface area contributed by atoms with Crippen molar-refractivity contribution in [3.05, 3.63) is 59.2 Å². The highest BCUT2D eigenvalue weighted by Gasteiger charge is 2.22. The molecule has 0 atom stereocenters. The molecule has 188 valence electrons. The SMILES string of the molecule is CCCCCCCC1CCC(CCc2ccc(-c3ccc(CCCCC)cc3)c(F)c2F)CC1. The molecule has 1 saturated carbocycles. The van der Waals surface area contributed by atoms with Crippen LogP contribution in [0.25, 0.3) is 11.1 Å². The summed E-state index contributed by atoms with van der Waals surface area (Å²) in [6, 6.07) is 11.6. The van der Waals surface area contributed by atoms with E-state index in [1.165, 1.54) is 89.0 Å². The molecule has 0 aliphatic heterocycles. The molecule has 0 saturated heterocycles. The second-order valence-electron chi connectivity index (χ2n) is 10.7. The molecule has 0 amide bonds. The highest BCUT2D eigenvalue weighted by molar-refractivity contribution is 5.65. The number of hydrogen-bond acceptors (Lipinski definition) is 0. The van der Waals surface area contributed by atoms with Crippen LogP contribution in [0.15, 0.2) is 36.4 Å². The molecule has 1 fully saturated rings. The van der Waals surface area contributed by atoms with Gasteiger partial charge in [-0.25, -0.2) is 8.78 Å². The zero-order valence-electron chi connectivity index (χ0n) is 21.7. The maximum Gasteiger partial charge on any atom is 0.166 e. The van der Waals surface area contributed by atoms with Gasteiger partial charge < -0.3 is 0 Å². The summed E-state index contributed by atoms with van der Waals surface area (Å²) in [7, 11) is 0. The molecule has 34 heavy (non-hydrogen) atoms. The van der Waals surface area contributed by atoms with Crippen molar-refractivity contribution in [3.8, 4) is 11.1 Å². The quantitative estimate of drug-likeness (QED) is 0.242. The molecule has 1 aliphatic rings. The maximum absolute atomic E-state index is 14.9. The Bertz CT molecular complexity index is 831. The van der Waals surface area contributed by atoms with Crippen LogP contribution >= 0.6 is 0 Å². The van der Waals surface area contributed by atoms with E-state index >= 15 is 0 Å². The van der Waals surface area contributed by atoms with Gasteiger partial charge in [-0.2, -0.15) is 0 Å². The van der Waals surface area contributed by atoms with Crippen LogP contribution in [0.1, 0.15) is 115 Å². The van der Waals surface area contributed by atoms with Crippen molar-refractivity contribution >= 4 is 0 Å². The fourth-order valence-electron chi connectivity index (χ4n) is 5.64.